The van der Waals surface area contributed by atoms with Crippen LogP contribution in [0.4, 0.5) is 0 Å². The number of aromatic nitrogens is 2. The second-order valence-electron chi connectivity index (χ2n) is 5.84. The molecular formula is C20H23N3. The number of nitrogens with one attached hydrogen (secondary N) is 1. The van der Waals surface area contributed by atoms with Crippen molar-refractivity contribution >= 4 is 0 Å². The van der Waals surface area contributed by atoms with Gasteiger partial charge in [0.15, 0.2) is 0 Å². The molecule has 0 aliphatic rings. The summed E-state index contributed by atoms with van der Waals surface area (Å²) < 4.78 is 2.00. The quantitative estimate of drug-likeness (QED) is 0.744. The molecule has 0 amide bonds. The Hall–Kier alpha value is -2.39. The van der Waals surface area contributed by atoms with Crippen LogP contribution in [0.5, 0.6) is 0 Å². The lowest BCUT2D eigenvalue weighted by atomic mass is 10.1. The normalized spacial score (nSPS) is 12.3. The van der Waals surface area contributed by atoms with E-state index in [-0.39, 0.29) is 6.04 Å². The van der Waals surface area contributed by atoms with Crippen LogP contribution in [0.15, 0.2) is 66.9 Å². The van der Waals surface area contributed by atoms with E-state index in [9.17, 15) is 0 Å². The van der Waals surface area contributed by atoms with E-state index >= 15 is 0 Å². The van der Waals surface area contributed by atoms with Crippen molar-refractivity contribution in [3.8, 4) is 5.69 Å². The lowest BCUT2D eigenvalue weighted by Gasteiger charge is -2.14. The van der Waals surface area contributed by atoms with Crippen molar-refractivity contribution in [3.63, 3.8) is 0 Å². The van der Waals surface area contributed by atoms with E-state index in [0.29, 0.717) is 0 Å². The first kappa shape index (κ1) is 15.5. The van der Waals surface area contributed by atoms with Gasteiger partial charge < -0.3 is 5.32 Å². The molecule has 0 fully saturated rings. The second kappa shape index (κ2) is 7.25. The third-order valence-electron chi connectivity index (χ3n) is 4.22. The molecule has 0 spiro atoms. The fourth-order valence-corrected chi connectivity index (χ4v) is 2.86. The van der Waals surface area contributed by atoms with E-state index in [4.69, 9.17) is 0 Å². The van der Waals surface area contributed by atoms with E-state index in [1.54, 1.807) is 0 Å². The van der Waals surface area contributed by atoms with Gasteiger partial charge in [-0.1, -0.05) is 48.5 Å². The topological polar surface area (TPSA) is 29.9 Å². The van der Waals surface area contributed by atoms with Gasteiger partial charge >= 0.3 is 0 Å². The fourth-order valence-electron chi connectivity index (χ4n) is 2.86. The first-order chi connectivity index (χ1) is 11.3. The molecule has 0 bridgehead atoms. The number of hydrogen-bond acceptors (Lipinski definition) is 2. The summed E-state index contributed by atoms with van der Waals surface area (Å²) in [7, 11) is 0. The maximum Gasteiger partial charge on any atom is 0.0648 e. The Bertz CT molecular complexity index is 732. The molecule has 1 unspecified atom stereocenters. The predicted molar refractivity (Wildman–Crippen MR) is 94.9 cm³/mol. The number of benzene rings is 2. The molecule has 0 radical (unpaired) electrons. The molecule has 1 atom stereocenters. The summed E-state index contributed by atoms with van der Waals surface area (Å²) in [6.07, 6.45) is 3.01. The van der Waals surface area contributed by atoms with Gasteiger partial charge in [0.1, 0.15) is 0 Å². The molecule has 2 aromatic carbocycles. The fraction of sp³-hybridized carbons (Fsp3) is 0.250. The second-order valence-corrected chi connectivity index (χ2v) is 5.84. The summed E-state index contributed by atoms with van der Waals surface area (Å²) in [5, 5.41) is 8.15. The number of para-hydroxylation sites is 1. The molecule has 1 aromatic heterocycles. The molecule has 0 aliphatic heterocycles. The summed E-state index contributed by atoms with van der Waals surface area (Å²) in [5.41, 5.74) is 4.91. The van der Waals surface area contributed by atoms with Crippen LogP contribution in [0.25, 0.3) is 5.69 Å². The van der Waals surface area contributed by atoms with Crippen molar-refractivity contribution < 1.29 is 0 Å². The highest BCUT2D eigenvalue weighted by atomic mass is 15.3. The first-order valence-corrected chi connectivity index (χ1v) is 8.13. The van der Waals surface area contributed by atoms with Gasteiger partial charge in [-0.05, 0) is 44.5 Å². The summed E-state index contributed by atoms with van der Waals surface area (Å²) in [6.45, 7) is 5.29. The SMILES string of the molecule is Cc1c(C(C)NCCc2ccccc2)cnn1-c1ccccc1. The molecule has 3 rings (SSSR count). The van der Waals surface area contributed by atoms with Crippen molar-refractivity contribution in [3.05, 3.63) is 83.7 Å². The lowest BCUT2D eigenvalue weighted by Crippen LogP contribution is -2.21. The van der Waals surface area contributed by atoms with Crippen LogP contribution in [-0.2, 0) is 6.42 Å². The van der Waals surface area contributed by atoms with Crippen LogP contribution in [0, 0.1) is 6.92 Å². The van der Waals surface area contributed by atoms with Crippen LogP contribution in [0.1, 0.15) is 29.8 Å². The number of hydrogen-bond donors (Lipinski definition) is 1. The van der Waals surface area contributed by atoms with Crippen LogP contribution in [0.2, 0.25) is 0 Å². The summed E-state index contributed by atoms with van der Waals surface area (Å²) in [5.74, 6) is 0. The smallest absolute Gasteiger partial charge is 0.0648 e. The van der Waals surface area contributed by atoms with E-state index in [0.717, 1.165) is 18.7 Å². The van der Waals surface area contributed by atoms with E-state index in [1.807, 2.05) is 29.1 Å². The predicted octanol–water partition coefficient (Wildman–Crippen LogP) is 4.07. The van der Waals surface area contributed by atoms with Gasteiger partial charge in [-0.2, -0.15) is 5.10 Å². The summed E-state index contributed by atoms with van der Waals surface area (Å²) in [4.78, 5) is 0. The van der Waals surface area contributed by atoms with Crippen LogP contribution >= 0.6 is 0 Å². The van der Waals surface area contributed by atoms with Crippen LogP contribution in [0.3, 0.4) is 0 Å². The molecule has 0 saturated carbocycles. The molecule has 3 heteroatoms. The Morgan fingerprint density at radius 2 is 1.65 bits per heavy atom. The average Bonchev–Trinajstić information content (AvgIpc) is 2.98. The van der Waals surface area contributed by atoms with E-state index in [1.165, 1.54) is 16.8 Å². The molecule has 3 nitrogen and oxygen atoms in total. The van der Waals surface area contributed by atoms with Crippen LogP contribution in [-0.4, -0.2) is 16.3 Å². The minimum Gasteiger partial charge on any atom is -0.310 e. The van der Waals surface area contributed by atoms with Crippen LogP contribution < -0.4 is 5.32 Å². The third kappa shape index (κ3) is 3.69. The molecule has 3 aromatic rings. The molecule has 1 heterocycles. The van der Waals surface area contributed by atoms with Crippen molar-refractivity contribution in [2.75, 3.05) is 6.54 Å². The van der Waals surface area contributed by atoms with Gasteiger partial charge in [-0.3, -0.25) is 0 Å². The van der Waals surface area contributed by atoms with E-state index < -0.39 is 0 Å². The van der Waals surface area contributed by atoms with Crippen molar-refractivity contribution in [2.24, 2.45) is 0 Å². The van der Waals surface area contributed by atoms with Crippen molar-refractivity contribution in [2.45, 2.75) is 26.3 Å². The standard InChI is InChI=1S/C20H23N3/c1-16(21-14-13-18-9-5-3-6-10-18)20-15-22-23(17(20)2)19-11-7-4-8-12-19/h3-12,15-16,21H,13-14H2,1-2H3. The molecular weight excluding hydrogens is 282 g/mol. The highest BCUT2D eigenvalue weighted by Crippen LogP contribution is 2.19. The molecule has 23 heavy (non-hydrogen) atoms. The summed E-state index contributed by atoms with van der Waals surface area (Å²) in [6, 6.07) is 21.1. The molecule has 0 aliphatic carbocycles. The average molecular weight is 305 g/mol. The Balaban J connectivity index is 1.64. The zero-order valence-corrected chi connectivity index (χ0v) is 13.7. The lowest BCUT2D eigenvalue weighted by molar-refractivity contribution is 0.574. The Morgan fingerprint density at radius 3 is 2.35 bits per heavy atom. The number of nitrogens with zero attached hydrogens (tertiary/aromatic N) is 2. The Morgan fingerprint density at radius 1 is 1.00 bits per heavy atom. The van der Waals surface area contributed by atoms with Gasteiger partial charge in [0, 0.05) is 17.3 Å². The zero-order chi connectivity index (χ0) is 16.1. The van der Waals surface area contributed by atoms with Gasteiger partial charge in [-0.15, -0.1) is 0 Å². The minimum atomic E-state index is 0.288. The molecule has 1 N–H and O–H groups in total. The Labute approximate surface area is 138 Å². The number of rotatable bonds is 6. The largest absolute Gasteiger partial charge is 0.310 e. The summed E-state index contributed by atoms with van der Waals surface area (Å²) >= 11 is 0. The van der Waals surface area contributed by atoms with Crippen molar-refractivity contribution in [1.82, 2.24) is 15.1 Å². The molecule has 0 saturated heterocycles. The highest BCUT2D eigenvalue weighted by molar-refractivity contribution is 5.35. The first-order valence-electron chi connectivity index (χ1n) is 8.13. The van der Waals surface area contributed by atoms with Gasteiger partial charge in [0.05, 0.1) is 11.9 Å². The van der Waals surface area contributed by atoms with Crippen molar-refractivity contribution in [1.29, 1.82) is 0 Å². The maximum atomic E-state index is 4.55. The monoisotopic (exact) mass is 305 g/mol. The minimum absolute atomic E-state index is 0.288. The maximum absolute atomic E-state index is 4.55. The highest BCUT2D eigenvalue weighted by Gasteiger charge is 2.13. The zero-order valence-electron chi connectivity index (χ0n) is 13.7. The van der Waals surface area contributed by atoms with Gasteiger partial charge in [0.2, 0.25) is 0 Å². The Kier molecular flexibility index (Phi) is 4.89. The van der Waals surface area contributed by atoms with E-state index in [2.05, 4.69) is 66.7 Å². The van der Waals surface area contributed by atoms with Gasteiger partial charge in [0.25, 0.3) is 0 Å². The van der Waals surface area contributed by atoms with Gasteiger partial charge in [-0.25, -0.2) is 4.68 Å². The molecule has 118 valence electrons. The third-order valence-corrected chi connectivity index (χ3v) is 4.22.